The third-order valence-electron chi connectivity index (χ3n) is 3.76. The van der Waals surface area contributed by atoms with E-state index in [1.54, 1.807) is 24.3 Å². The fourth-order valence-corrected chi connectivity index (χ4v) is 2.31. The number of carbonyl (C=O) groups excluding carboxylic acids is 2. The molecule has 1 aliphatic heterocycles. The molecule has 1 aromatic carbocycles. The van der Waals surface area contributed by atoms with Crippen molar-refractivity contribution >= 4 is 17.6 Å². The Bertz CT molecular complexity index is 516. The fraction of sp³-hybridized carbons (Fsp3) is 0.500. The van der Waals surface area contributed by atoms with E-state index in [0.29, 0.717) is 17.9 Å². The van der Waals surface area contributed by atoms with Crippen molar-refractivity contribution in [1.29, 1.82) is 0 Å². The van der Waals surface area contributed by atoms with Crippen LogP contribution in [0.1, 0.15) is 36.0 Å². The van der Waals surface area contributed by atoms with Crippen LogP contribution in [0.5, 0.6) is 0 Å². The number of amides is 1. The molecule has 1 saturated carbocycles. The highest BCUT2D eigenvalue weighted by atomic mass is 16.6. The molecule has 1 heterocycles. The van der Waals surface area contributed by atoms with E-state index in [-0.39, 0.29) is 23.9 Å². The molecule has 1 atom stereocenters. The maximum Gasteiger partial charge on any atom is 0.338 e. The van der Waals surface area contributed by atoms with E-state index in [0.717, 1.165) is 32.3 Å². The molecule has 112 valence electrons. The maximum absolute atomic E-state index is 11.9. The molecule has 0 radical (unpaired) electrons. The van der Waals surface area contributed by atoms with Crippen LogP contribution in [-0.4, -0.2) is 31.2 Å². The van der Waals surface area contributed by atoms with Crippen molar-refractivity contribution in [2.45, 2.75) is 31.8 Å². The van der Waals surface area contributed by atoms with E-state index in [9.17, 15) is 9.59 Å². The Morgan fingerprint density at radius 3 is 2.57 bits per heavy atom. The predicted octanol–water partition coefficient (Wildman–Crippen LogP) is 2.37. The quantitative estimate of drug-likeness (QED) is 0.845. The van der Waals surface area contributed by atoms with Gasteiger partial charge in [-0.3, -0.25) is 4.79 Å². The van der Waals surface area contributed by atoms with Gasteiger partial charge in [-0.05, 0) is 49.9 Å². The van der Waals surface area contributed by atoms with Gasteiger partial charge in [0, 0.05) is 18.2 Å². The smallest absolute Gasteiger partial charge is 0.338 e. The Morgan fingerprint density at radius 2 is 1.95 bits per heavy atom. The summed E-state index contributed by atoms with van der Waals surface area (Å²) in [5.74, 6) is -0.129. The van der Waals surface area contributed by atoms with Crippen molar-refractivity contribution in [2.75, 3.05) is 18.5 Å². The lowest BCUT2D eigenvalue weighted by atomic mass is 10.2. The number of anilines is 1. The zero-order valence-corrected chi connectivity index (χ0v) is 11.8. The molecule has 0 unspecified atom stereocenters. The summed E-state index contributed by atoms with van der Waals surface area (Å²) in [5.41, 5.74) is 1.19. The molecular weight excluding hydrogens is 270 g/mol. The Kier molecular flexibility index (Phi) is 4.20. The molecule has 3 rings (SSSR count). The molecule has 2 fully saturated rings. The van der Waals surface area contributed by atoms with E-state index in [1.807, 2.05) is 0 Å². The van der Waals surface area contributed by atoms with Crippen LogP contribution >= 0.6 is 0 Å². The lowest BCUT2D eigenvalue weighted by Crippen LogP contribution is -2.18. The molecule has 1 N–H and O–H groups in total. The highest BCUT2D eigenvalue weighted by molar-refractivity contribution is 5.95. The van der Waals surface area contributed by atoms with Crippen molar-refractivity contribution in [3.05, 3.63) is 29.8 Å². The van der Waals surface area contributed by atoms with Gasteiger partial charge in [-0.1, -0.05) is 0 Å². The first-order valence-corrected chi connectivity index (χ1v) is 7.42. The minimum absolute atomic E-state index is 0.0334. The van der Waals surface area contributed by atoms with Crippen LogP contribution in [0.3, 0.4) is 0 Å². The average molecular weight is 289 g/mol. The van der Waals surface area contributed by atoms with Crippen molar-refractivity contribution < 1.29 is 19.1 Å². The predicted molar refractivity (Wildman–Crippen MR) is 77.1 cm³/mol. The van der Waals surface area contributed by atoms with Gasteiger partial charge in [0.05, 0.1) is 11.7 Å². The zero-order valence-electron chi connectivity index (χ0n) is 11.8. The summed E-state index contributed by atoms with van der Waals surface area (Å²) in [7, 11) is 0. The lowest BCUT2D eigenvalue weighted by Gasteiger charge is -2.10. The Labute approximate surface area is 123 Å². The van der Waals surface area contributed by atoms with Crippen LogP contribution < -0.4 is 5.32 Å². The van der Waals surface area contributed by atoms with Crippen LogP contribution in [0.15, 0.2) is 24.3 Å². The van der Waals surface area contributed by atoms with E-state index in [1.165, 1.54) is 0 Å². The van der Waals surface area contributed by atoms with Gasteiger partial charge in [0.25, 0.3) is 0 Å². The summed E-state index contributed by atoms with van der Waals surface area (Å²) >= 11 is 0. The SMILES string of the molecule is O=C(OC[C@H]1CCCO1)c1ccc(NC(=O)C2CC2)cc1. The lowest BCUT2D eigenvalue weighted by molar-refractivity contribution is -0.117. The highest BCUT2D eigenvalue weighted by Crippen LogP contribution is 2.30. The molecule has 5 heteroatoms. The second-order valence-corrected chi connectivity index (χ2v) is 5.57. The maximum atomic E-state index is 11.9. The highest BCUT2D eigenvalue weighted by Gasteiger charge is 2.29. The minimum Gasteiger partial charge on any atom is -0.459 e. The first kappa shape index (κ1) is 14.1. The van der Waals surface area contributed by atoms with Crippen LogP contribution in [0.25, 0.3) is 0 Å². The van der Waals surface area contributed by atoms with E-state index >= 15 is 0 Å². The van der Waals surface area contributed by atoms with Crippen LogP contribution in [0, 0.1) is 5.92 Å². The molecule has 1 aliphatic carbocycles. The molecule has 1 amide bonds. The van der Waals surface area contributed by atoms with Gasteiger partial charge in [-0.2, -0.15) is 0 Å². The second kappa shape index (κ2) is 6.26. The normalized spacial score (nSPS) is 21.0. The summed E-state index contributed by atoms with van der Waals surface area (Å²) in [6, 6.07) is 6.78. The first-order valence-electron chi connectivity index (χ1n) is 7.42. The third kappa shape index (κ3) is 3.82. The number of rotatable bonds is 5. The molecular formula is C16H19NO4. The Balaban J connectivity index is 1.50. The molecule has 1 saturated heterocycles. The molecule has 0 bridgehead atoms. The summed E-state index contributed by atoms with van der Waals surface area (Å²) in [6.07, 6.45) is 3.95. The summed E-state index contributed by atoms with van der Waals surface area (Å²) in [5, 5.41) is 2.84. The number of ether oxygens (including phenoxy) is 2. The number of benzene rings is 1. The Morgan fingerprint density at radius 1 is 1.19 bits per heavy atom. The van der Waals surface area contributed by atoms with Gasteiger partial charge in [0.2, 0.25) is 5.91 Å². The number of esters is 1. The van der Waals surface area contributed by atoms with Gasteiger partial charge in [0.15, 0.2) is 0 Å². The molecule has 5 nitrogen and oxygen atoms in total. The van der Waals surface area contributed by atoms with Crippen molar-refractivity contribution in [3.63, 3.8) is 0 Å². The molecule has 0 spiro atoms. The van der Waals surface area contributed by atoms with Crippen LogP contribution in [0.4, 0.5) is 5.69 Å². The number of nitrogens with one attached hydrogen (secondary N) is 1. The van der Waals surface area contributed by atoms with Crippen molar-refractivity contribution in [1.82, 2.24) is 0 Å². The van der Waals surface area contributed by atoms with Crippen LogP contribution in [-0.2, 0) is 14.3 Å². The first-order chi connectivity index (χ1) is 10.2. The van der Waals surface area contributed by atoms with Gasteiger partial charge >= 0.3 is 5.97 Å². The zero-order chi connectivity index (χ0) is 14.7. The summed E-state index contributed by atoms with van der Waals surface area (Å²) < 4.78 is 10.6. The van der Waals surface area contributed by atoms with Crippen LogP contribution in [0.2, 0.25) is 0 Å². The van der Waals surface area contributed by atoms with Gasteiger partial charge < -0.3 is 14.8 Å². The summed E-state index contributed by atoms with van der Waals surface area (Å²) in [6.45, 7) is 1.05. The minimum atomic E-state index is -0.356. The number of hydrogen-bond donors (Lipinski definition) is 1. The topological polar surface area (TPSA) is 64.6 Å². The fourth-order valence-electron chi connectivity index (χ4n) is 2.31. The third-order valence-corrected chi connectivity index (χ3v) is 3.76. The van der Waals surface area contributed by atoms with E-state index in [4.69, 9.17) is 9.47 Å². The Hall–Kier alpha value is -1.88. The largest absolute Gasteiger partial charge is 0.459 e. The molecule has 1 aromatic rings. The number of hydrogen-bond acceptors (Lipinski definition) is 4. The van der Waals surface area contributed by atoms with Gasteiger partial charge in [0.1, 0.15) is 6.61 Å². The second-order valence-electron chi connectivity index (χ2n) is 5.57. The molecule has 2 aliphatic rings. The summed E-state index contributed by atoms with van der Waals surface area (Å²) in [4.78, 5) is 23.5. The van der Waals surface area contributed by atoms with Crippen molar-refractivity contribution in [3.8, 4) is 0 Å². The molecule has 0 aromatic heterocycles. The molecule has 21 heavy (non-hydrogen) atoms. The standard InChI is InChI=1S/C16H19NO4/c18-15(11-3-4-11)17-13-7-5-12(6-8-13)16(19)21-10-14-2-1-9-20-14/h5-8,11,14H,1-4,9-10H2,(H,17,18)/t14-/m1/s1. The van der Waals surface area contributed by atoms with Gasteiger partial charge in [-0.15, -0.1) is 0 Å². The van der Waals surface area contributed by atoms with Gasteiger partial charge in [-0.25, -0.2) is 4.79 Å². The monoisotopic (exact) mass is 289 g/mol. The van der Waals surface area contributed by atoms with E-state index < -0.39 is 0 Å². The average Bonchev–Trinajstić information content (AvgIpc) is 3.23. The van der Waals surface area contributed by atoms with E-state index in [2.05, 4.69) is 5.32 Å². The van der Waals surface area contributed by atoms with Crippen molar-refractivity contribution in [2.24, 2.45) is 5.92 Å². The number of carbonyl (C=O) groups is 2.